The molecule has 2 rings (SSSR count). The lowest BCUT2D eigenvalue weighted by Crippen LogP contribution is -2.30. The number of benzene rings is 2. The Bertz CT molecular complexity index is 578. The van der Waals surface area contributed by atoms with Crippen molar-refractivity contribution in [1.29, 1.82) is 0 Å². The number of nitrogens with one attached hydrogen (secondary N) is 1. The van der Waals surface area contributed by atoms with Crippen molar-refractivity contribution in [3.05, 3.63) is 65.7 Å². The smallest absolute Gasteiger partial charge is 0.179 e. The number of Topliss-reactive ketones (excluding diaryl/α,β-unsaturated/α-hetero) is 1. The molecule has 110 valence electrons. The summed E-state index contributed by atoms with van der Waals surface area (Å²) in [6.07, 6.45) is 0. The summed E-state index contributed by atoms with van der Waals surface area (Å²) in [5.74, 6) is 0.120. The number of carbonyl (C=O) groups is 1. The summed E-state index contributed by atoms with van der Waals surface area (Å²) in [7, 11) is 3.85. The molecule has 0 aliphatic carbocycles. The highest BCUT2D eigenvalue weighted by molar-refractivity contribution is 6.00. The van der Waals surface area contributed by atoms with Crippen molar-refractivity contribution in [3.8, 4) is 0 Å². The van der Waals surface area contributed by atoms with E-state index in [1.165, 1.54) is 5.56 Å². The summed E-state index contributed by atoms with van der Waals surface area (Å²) in [6, 6.07) is 18.0. The Kier molecular flexibility index (Phi) is 5.12. The number of hydrogen-bond donors (Lipinski definition) is 1. The molecule has 0 spiro atoms. The molecule has 0 amide bonds. The molecule has 0 fully saturated rings. The van der Waals surface area contributed by atoms with Gasteiger partial charge in [0, 0.05) is 24.8 Å². The van der Waals surface area contributed by atoms with E-state index < -0.39 is 0 Å². The van der Waals surface area contributed by atoms with Gasteiger partial charge in [0.15, 0.2) is 5.78 Å². The molecule has 1 unspecified atom stereocenters. The number of rotatable bonds is 6. The standard InChI is InChI=1S/C18H22N2O/c1-14(19-2)18(21)16-9-11-17(12-10-16)20(3)13-15-7-5-4-6-8-15/h4-12,14,19H,13H2,1-3H3. The predicted molar refractivity (Wildman–Crippen MR) is 87.8 cm³/mol. The van der Waals surface area contributed by atoms with E-state index in [4.69, 9.17) is 0 Å². The van der Waals surface area contributed by atoms with Crippen LogP contribution in [0.25, 0.3) is 0 Å². The van der Waals surface area contributed by atoms with Crippen molar-refractivity contribution < 1.29 is 4.79 Å². The van der Waals surface area contributed by atoms with Crippen LogP contribution in [0.3, 0.4) is 0 Å². The molecule has 3 nitrogen and oxygen atoms in total. The van der Waals surface area contributed by atoms with Gasteiger partial charge in [0.25, 0.3) is 0 Å². The fourth-order valence-corrected chi connectivity index (χ4v) is 2.21. The maximum atomic E-state index is 12.1. The van der Waals surface area contributed by atoms with Crippen LogP contribution < -0.4 is 10.2 Å². The maximum absolute atomic E-state index is 12.1. The third-order valence-corrected chi connectivity index (χ3v) is 3.68. The summed E-state index contributed by atoms with van der Waals surface area (Å²) < 4.78 is 0. The van der Waals surface area contributed by atoms with Crippen molar-refractivity contribution in [2.45, 2.75) is 19.5 Å². The van der Waals surface area contributed by atoms with Crippen LogP contribution in [0.2, 0.25) is 0 Å². The van der Waals surface area contributed by atoms with Crippen molar-refractivity contribution in [2.75, 3.05) is 19.0 Å². The van der Waals surface area contributed by atoms with Gasteiger partial charge in [-0.25, -0.2) is 0 Å². The Labute approximate surface area is 126 Å². The Morgan fingerprint density at radius 1 is 1.10 bits per heavy atom. The SMILES string of the molecule is CNC(C)C(=O)c1ccc(N(C)Cc2ccccc2)cc1. The summed E-state index contributed by atoms with van der Waals surface area (Å²) in [5, 5.41) is 2.97. The van der Waals surface area contributed by atoms with Gasteiger partial charge in [-0.1, -0.05) is 30.3 Å². The molecule has 0 heterocycles. The zero-order valence-corrected chi connectivity index (χ0v) is 12.8. The first-order chi connectivity index (χ1) is 10.1. The normalized spacial score (nSPS) is 12.0. The molecular weight excluding hydrogens is 260 g/mol. The number of ketones is 1. The van der Waals surface area contributed by atoms with Crippen LogP contribution in [0.5, 0.6) is 0 Å². The van der Waals surface area contributed by atoms with Crippen molar-refractivity contribution in [2.24, 2.45) is 0 Å². The molecule has 0 saturated carbocycles. The monoisotopic (exact) mass is 282 g/mol. The molecule has 2 aromatic rings. The predicted octanol–water partition coefficient (Wildman–Crippen LogP) is 3.11. The van der Waals surface area contributed by atoms with E-state index in [0.29, 0.717) is 0 Å². The molecule has 3 heteroatoms. The van der Waals surface area contributed by atoms with Gasteiger partial charge in [0.05, 0.1) is 6.04 Å². The Hall–Kier alpha value is -2.13. The second-order valence-corrected chi connectivity index (χ2v) is 5.26. The largest absolute Gasteiger partial charge is 0.370 e. The Morgan fingerprint density at radius 2 is 1.71 bits per heavy atom. The van der Waals surface area contributed by atoms with E-state index in [9.17, 15) is 4.79 Å². The van der Waals surface area contributed by atoms with Gasteiger partial charge >= 0.3 is 0 Å². The van der Waals surface area contributed by atoms with Crippen LogP contribution in [0.15, 0.2) is 54.6 Å². The lowest BCUT2D eigenvalue weighted by molar-refractivity contribution is 0.0955. The first-order valence-electron chi connectivity index (χ1n) is 7.18. The summed E-state index contributed by atoms with van der Waals surface area (Å²) >= 11 is 0. The van der Waals surface area contributed by atoms with E-state index in [2.05, 4.69) is 29.4 Å². The minimum atomic E-state index is -0.155. The Balaban J connectivity index is 2.06. The van der Waals surface area contributed by atoms with Crippen LogP contribution in [0, 0.1) is 0 Å². The molecule has 0 bridgehead atoms. The third-order valence-electron chi connectivity index (χ3n) is 3.68. The number of anilines is 1. The first kappa shape index (κ1) is 15.3. The van der Waals surface area contributed by atoms with Crippen molar-refractivity contribution >= 4 is 11.5 Å². The van der Waals surface area contributed by atoms with Crippen LogP contribution in [0.1, 0.15) is 22.8 Å². The molecule has 0 aliphatic heterocycles. The third kappa shape index (κ3) is 3.92. The van der Waals surface area contributed by atoms with E-state index >= 15 is 0 Å². The second kappa shape index (κ2) is 7.04. The fourth-order valence-electron chi connectivity index (χ4n) is 2.21. The van der Waals surface area contributed by atoms with Gasteiger partial charge in [0.1, 0.15) is 0 Å². The van der Waals surface area contributed by atoms with E-state index in [1.54, 1.807) is 7.05 Å². The van der Waals surface area contributed by atoms with Gasteiger partial charge in [-0.05, 0) is 43.8 Å². The molecule has 21 heavy (non-hydrogen) atoms. The number of nitrogens with zero attached hydrogens (tertiary/aromatic N) is 1. The highest BCUT2D eigenvalue weighted by Gasteiger charge is 2.13. The van der Waals surface area contributed by atoms with Crippen molar-refractivity contribution in [1.82, 2.24) is 5.32 Å². The van der Waals surface area contributed by atoms with Crippen LogP contribution >= 0.6 is 0 Å². The van der Waals surface area contributed by atoms with Gasteiger partial charge in [-0.3, -0.25) is 4.79 Å². The quantitative estimate of drug-likeness (QED) is 0.826. The van der Waals surface area contributed by atoms with Crippen LogP contribution in [0.4, 0.5) is 5.69 Å². The van der Waals surface area contributed by atoms with Gasteiger partial charge in [-0.2, -0.15) is 0 Å². The number of hydrogen-bond acceptors (Lipinski definition) is 3. The molecule has 0 saturated heterocycles. The lowest BCUT2D eigenvalue weighted by Gasteiger charge is -2.20. The molecule has 0 aromatic heterocycles. The first-order valence-corrected chi connectivity index (χ1v) is 7.18. The maximum Gasteiger partial charge on any atom is 0.179 e. The average molecular weight is 282 g/mol. The molecule has 1 N–H and O–H groups in total. The van der Waals surface area contributed by atoms with E-state index in [1.807, 2.05) is 49.4 Å². The van der Waals surface area contributed by atoms with E-state index in [-0.39, 0.29) is 11.8 Å². The van der Waals surface area contributed by atoms with Gasteiger partial charge < -0.3 is 10.2 Å². The average Bonchev–Trinajstić information content (AvgIpc) is 2.54. The van der Waals surface area contributed by atoms with Crippen molar-refractivity contribution in [3.63, 3.8) is 0 Å². The highest BCUT2D eigenvalue weighted by atomic mass is 16.1. The van der Waals surface area contributed by atoms with Crippen LogP contribution in [-0.4, -0.2) is 25.9 Å². The molecule has 0 radical (unpaired) electrons. The van der Waals surface area contributed by atoms with Gasteiger partial charge in [0.2, 0.25) is 0 Å². The number of likely N-dealkylation sites (N-methyl/N-ethyl adjacent to an activating group) is 1. The highest BCUT2D eigenvalue weighted by Crippen LogP contribution is 2.17. The second-order valence-electron chi connectivity index (χ2n) is 5.26. The zero-order valence-electron chi connectivity index (χ0n) is 12.8. The van der Waals surface area contributed by atoms with Crippen LogP contribution in [-0.2, 0) is 6.54 Å². The lowest BCUT2D eigenvalue weighted by atomic mass is 10.0. The molecular formula is C18H22N2O. The molecule has 1 atom stereocenters. The molecule has 2 aromatic carbocycles. The van der Waals surface area contributed by atoms with Gasteiger partial charge in [-0.15, -0.1) is 0 Å². The minimum absolute atomic E-state index is 0.120. The summed E-state index contributed by atoms with van der Waals surface area (Å²) in [4.78, 5) is 14.2. The topological polar surface area (TPSA) is 32.3 Å². The zero-order chi connectivity index (χ0) is 15.2. The minimum Gasteiger partial charge on any atom is -0.370 e. The fraction of sp³-hybridized carbons (Fsp3) is 0.278. The van der Waals surface area contributed by atoms with E-state index in [0.717, 1.165) is 17.8 Å². The summed E-state index contributed by atoms with van der Waals surface area (Å²) in [5.41, 5.74) is 3.12. The summed E-state index contributed by atoms with van der Waals surface area (Å²) in [6.45, 7) is 2.72. The number of carbonyl (C=O) groups excluding carboxylic acids is 1. The Morgan fingerprint density at radius 3 is 2.29 bits per heavy atom. The molecule has 0 aliphatic rings.